The van der Waals surface area contributed by atoms with E-state index in [1.807, 2.05) is 24.3 Å². The highest BCUT2D eigenvalue weighted by Crippen LogP contribution is 2.30. The zero-order valence-corrected chi connectivity index (χ0v) is 11.9. The number of aliphatic carboxylic acids is 1. The fraction of sp³-hybridized carbons (Fsp3) is 0.467. The van der Waals surface area contributed by atoms with E-state index in [4.69, 9.17) is 0 Å². The fourth-order valence-electron chi connectivity index (χ4n) is 2.94. The lowest BCUT2D eigenvalue weighted by atomic mass is 9.92. The third kappa shape index (κ3) is 2.42. The highest BCUT2D eigenvalue weighted by Gasteiger charge is 2.38. The van der Waals surface area contributed by atoms with Crippen molar-refractivity contribution in [2.45, 2.75) is 25.4 Å². The topological polar surface area (TPSA) is 57.6 Å². The summed E-state index contributed by atoms with van der Waals surface area (Å²) in [5, 5.41) is 9.43. The Balaban J connectivity index is 1.88. The van der Waals surface area contributed by atoms with Crippen LogP contribution in [0.25, 0.3) is 0 Å². The summed E-state index contributed by atoms with van der Waals surface area (Å²) in [5.74, 6) is 0.921. The quantitative estimate of drug-likeness (QED) is 0.902. The maximum absolute atomic E-state index is 12.6. The Morgan fingerprint density at radius 3 is 2.65 bits per heavy atom. The van der Waals surface area contributed by atoms with Gasteiger partial charge in [0.15, 0.2) is 0 Å². The summed E-state index contributed by atoms with van der Waals surface area (Å²) in [5.41, 5.74) is 2.12. The number of rotatable bonds is 2. The number of amides is 1. The molecule has 0 aliphatic carbocycles. The first-order valence-corrected chi connectivity index (χ1v) is 8.00. The zero-order chi connectivity index (χ0) is 14.1. The van der Waals surface area contributed by atoms with E-state index in [1.165, 1.54) is 0 Å². The van der Waals surface area contributed by atoms with Crippen molar-refractivity contribution < 1.29 is 14.7 Å². The Bertz CT molecular complexity index is 540. The first kappa shape index (κ1) is 13.5. The molecule has 0 spiro atoms. The predicted octanol–water partition coefficient (Wildman–Crippen LogP) is 1.78. The van der Waals surface area contributed by atoms with Gasteiger partial charge in [-0.1, -0.05) is 24.3 Å². The highest BCUT2D eigenvalue weighted by molar-refractivity contribution is 7.99. The van der Waals surface area contributed by atoms with Gasteiger partial charge in [0.25, 0.3) is 0 Å². The summed E-state index contributed by atoms with van der Waals surface area (Å²) < 4.78 is 0. The van der Waals surface area contributed by atoms with Gasteiger partial charge in [-0.2, -0.15) is 11.8 Å². The average molecular weight is 291 g/mol. The second-order valence-electron chi connectivity index (χ2n) is 5.35. The highest BCUT2D eigenvalue weighted by atomic mass is 32.2. The van der Waals surface area contributed by atoms with E-state index in [2.05, 4.69) is 0 Å². The van der Waals surface area contributed by atoms with Crippen LogP contribution in [-0.2, 0) is 22.6 Å². The summed E-state index contributed by atoms with van der Waals surface area (Å²) in [6.07, 6.45) is 1.28. The summed E-state index contributed by atoms with van der Waals surface area (Å²) in [6.45, 7) is 0.424. The first-order chi connectivity index (χ1) is 9.66. The molecule has 0 radical (unpaired) electrons. The number of nitrogens with zero attached hydrogens (tertiary/aromatic N) is 1. The Morgan fingerprint density at radius 2 is 2.00 bits per heavy atom. The maximum Gasteiger partial charge on any atom is 0.326 e. The number of carboxylic acids is 1. The van der Waals surface area contributed by atoms with Crippen molar-refractivity contribution in [1.29, 1.82) is 0 Å². The first-order valence-electron chi connectivity index (χ1n) is 6.84. The molecule has 1 N–H and O–H groups in total. The van der Waals surface area contributed by atoms with Gasteiger partial charge in [-0.15, -0.1) is 0 Å². The molecular formula is C15H17NO3S. The van der Waals surface area contributed by atoms with E-state index in [0.29, 0.717) is 13.0 Å². The Kier molecular flexibility index (Phi) is 3.70. The lowest BCUT2D eigenvalue weighted by molar-refractivity contribution is -0.153. The third-order valence-electron chi connectivity index (χ3n) is 4.10. The molecule has 2 aliphatic heterocycles. The van der Waals surface area contributed by atoms with Crippen molar-refractivity contribution >= 4 is 23.6 Å². The molecule has 1 aromatic carbocycles. The molecule has 1 fully saturated rings. The van der Waals surface area contributed by atoms with Crippen molar-refractivity contribution in [3.05, 3.63) is 35.4 Å². The van der Waals surface area contributed by atoms with E-state index >= 15 is 0 Å². The molecule has 2 atom stereocenters. The number of carbonyl (C=O) groups excluding carboxylic acids is 1. The maximum atomic E-state index is 12.6. The van der Waals surface area contributed by atoms with Crippen LogP contribution in [0.15, 0.2) is 24.3 Å². The van der Waals surface area contributed by atoms with Crippen LogP contribution in [0.3, 0.4) is 0 Å². The Morgan fingerprint density at radius 1 is 1.25 bits per heavy atom. The number of carbonyl (C=O) groups is 2. The molecule has 0 saturated carbocycles. The standard InChI is InChI=1S/C15H17NO3S/c17-14(12-5-6-20-9-12)16-8-11-4-2-1-3-10(11)7-13(16)15(18)19/h1-4,12-13H,5-9H2,(H,18,19)/t12?,13-/m1/s1. The van der Waals surface area contributed by atoms with Gasteiger partial charge in [0.2, 0.25) is 5.91 Å². The van der Waals surface area contributed by atoms with Crippen molar-refractivity contribution in [2.75, 3.05) is 11.5 Å². The summed E-state index contributed by atoms with van der Waals surface area (Å²) in [7, 11) is 0. The minimum absolute atomic E-state index is 0.00730. The van der Waals surface area contributed by atoms with Crippen molar-refractivity contribution in [3.63, 3.8) is 0 Å². The number of fused-ring (bicyclic) bond motifs is 1. The molecule has 1 unspecified atom stereocenters. The molecule has 5 heteroatoms. The molecule has 20 heavy (non-hydrogen) atoms. The molecule has 1 amide bonds. The van der Waals surface area contributed by atoms with Crippen molar-refractivity contribution in [1.82, 2.24) is 4.90 Å². The number of carboxylic acid groups (broad SMARTS) is 1. The van der Waals surface area contributed by atoms with E-state index in [1.54, 1.807) is 16.7 Å². The van der Waals surface area contributed by atoms with Gasteiger partial charge in [-0.05, 0) is 23.3 Å². The summed E-state index contributed by atoms with van der Waals surface area (Å²) in [6, 6.07) is 7.08. The van der Waals surface area contributed by atoms with Gasteiger partial charge >= 0.3 is 5.97 Å². The van der Waals surface area contributed by atoms with Crippen LogP contribution in [0.4, 0.5) is 0 Å². The normalized spacial score (nSPS) is 25.3. The third-order valence-corrected chi connectivity index (χ3v) is 5.26. The molecule has 4 nitrogen and oxygen atoms in total. The smallest absolute Gasteiger partial charge is 0.326 e. The van der Waals surface area contributed by atoms with E-state index in [-0.39, 0.29) is 11.8 Å². The molecule has 106 valence electrons. The van der Waals surface area contributed by atoms with Gasteiger partial charge in [0.05, 0.1) is 0 Å². The van der Waals surface area contributed by atoms with Gasteiger partial charge < -0.3 is 10.0 Å². The molecule has 2 heterocycles. The van der Waals surface area contributed by atoms with Crippen LogP contribution in [-0.4, -0.2) is 39.4 Å². The second-order valence-corrected chi connectivity index (χ2v) is 6.50. The van der Waals surface area contributed by atoms with Crippen LogP contribution in [0, 0.1) is 5.92 Å². The zero-order valence-electron chi connectivity index (χ0n) is 11.1. The average Bonchev–Trinajstić information content (AvgIpc) is 2.99. The van der Waals surface area contributed by atoms with Crippen LogP contribution in [0.2, 0.25) is 0 Å². The SMILES string of the molecule is O=C(O)[C@H]1Cc2ccccc2CN1C(=O)C1CCSC1. The molecule has 3 rings (SSSR count). The van der Waals surface area contributed by atoms with Crippen LogP contribution >= 0.6 is 11.8 Å². The van der Waals surface area contributed by atoms with E-state index in [0.717, 1.165) is 29.1 Å². The van der Waals surface area contributed by atoms with Gasteiger partial charge in [0, 0.05) is 24.6 Å². The Hall–Kier alpha value is -1.49. The summed E-state index contributed by atoms with van der Waals surface area (Å²) in [4.78, 5) is 25.6. The monoisotopic (exact) mass is 291 g/mol. The van der Waals surface area contributed by atoms with Crippen molar-refractivity contribution in [2.24, 2.45) is 5.92 Å². The molecular weight excluding hydrogens is 274 g/mol. The van der Waals surface area contributed by atoms with Gasteiger partial charge in [-0.25, -0.2) is 4.79 Å². The minimum Gasteiger partial charge on any atom is -0.480 e. The summed E-state index contributed by atoms with van der Waals surface area (Å²) >= 11 is 1.77. The molecule has 0 aromatic heterocycles. The minimum atomic E-state index is -0.904. The molecule has 0 bridgehead atoms. The molecule has 1 saturated heterocycles. The number of thioether (sulfide) groups is 1. The fourth-order valence-corrected chi connectivity index (χ4v) is 4.15. The van der Waals surface area contributed by atoms with E-state index in [9.17, 15) is 14.7 Å². The molecule has 1 aromatic rings. The number of hydrogen-bond donors (Lipinski definition) is 1. The van der Waals surface area contributed by atoms with Gasteiger partial charge in [0.1, 0.15) is 6.04 Å². The van der Waals surface area contributed by atoms with Crippen LogP contribution < -0.4 is 0 Å². The predicted molar refractivity (Wildman–Crippen MR) is 77.6 cm³/mol. The van der Waals surface area contributed by atoms with Crippen LogP contribution in [0.1, 0.15) is 17.5 Å². The molecule has 2 aliphatic rings. The van der Waals surface area contributed by atoms with Crippen molar-refractivity contribution in [3.8, 4) is 0 Å². The number of hydrogen-bond acceptors (Lipinski definition) is 3. The number of benzene rings is 1. The lowest BCUT2D eigenvalue weighted by Crippen LogP contribution is -2.50. The van der Waals surface area contributed by atoms with Crippen LogP contribution in [0.5, 0.6) is 0 Å². The second kappa shape index (κ2) is 5.48. The van der Waals surface area contributed by atoms with Gasteiger partial charge in [-0.3, -0.25) is 4.79 Å². The van der Waals surface area contributed by atoms with E-state index < -0.39 is 12.0 Å². The largest absolute Gasteiger partial charge is 0.480 e. The Labute approximate surface area is 122 Å². The lowest BCUT2D eigenvalue weighted by Gasteiger charge is -2.35.